The van der Waals surface area contributed by atoms with Crippen molar-refractivity contribution >= 4 is 29.9 Å². The molecule has 0 amide bonds. The molecule has 0 aromatic heterocycles. The van der Waals surface area contributed by atoms with Gasteiger partial charge in [0.25, 0.3) is 0 Å². The smallest absolute Gasteiger partial charge is 0.191 e. The maximum absolute atomic E-state index is 4.24. The van der Waals surface area contributed by atoms with Crippen molar-refractivity contribution in [2.24, 2.45) is 4.99 Å². The van der Waals surface area contributed by atoms with Gasteiger partial charge in [-0.05, 0) is 41.0 Å². The summed E-state index contributed by atoms with van der Waals surface area (Å²) in [7, 11) is 1.82. The summed E-state index contributed by atoms with van der Waals surface area (Å²) >= 11 is 0. The quantitative estimate of drug-likeness (QED) is 0.403. The highest BCUT2D eigenvalue weighted by atomic mass is 127. The first-order valence-electron chi connectivity index (χ1n) is 7.15. The van der Waals surface area contributed by atoms with Gasteiger partial charge in [-0.25, -0.2) is 0 Å². The Labute approximate surface area is 136 Å². The third-order valence-corrected chi connectivity index (χ3v) is 3.21. The molecule has 0 heterocycles. The molecular formula is C14H33IN4. The van der Waals surface area contributed by atoms with Crippen molar-refractivity contribution in [3.63, 3.8) is 0 Å². The van der Waals surface area contributed by atoms with E-state index in [1.807, 2.05) is 7.05 Å². The van der Waals surface area contributed by atoms with Crippen LogP contribution in [-0.2, 0) is 0 Å². The minimum atomic E-state index is 0. The fraction of sp³-hybridized carbons (Fsp3) is 0.929. The van der Waals surface area contributed by atoms with Gasteiger partial charge in [0.1, 0.15) is 0 Å². The standard InChI is InChI=1S/C14H32N4.HI/c1-8-13(6)17-14(15-7)16-9-10-18(11(2)3)12(4)5;/h11-13H,8-10H2,1-7H3,(H2,15,16,17);1H. The lowest BCUT2D eigenvalue weighted by Crippen LogP contribution is -2.47. The van der Waals surface area contributed by atoms with E-state index < -0.39 is 0 Å². The molecule has 0 radical (unpaired) electrons. The summed E-state index contributed by atoms with van der Waals surface area (Å²) < 4.78 is 0. The SMILES string of the molecule is CCC(C)NC(=NC)NCCN(C(C)C)C(C)C.I. The van der Waals surface area contributed by atoms with Crippen molar-refractivity contribution in [3.8, 4) is 0 Å². The molecule has 0 bridgehead atoms. The molecule has 0 aliphatic carbocycles. The van der Waals surface area contributed by atoms with Gasteiger partial charge in [0.05, 0.1) is 0 Å². The van der Waals surface area contributed by atoms with Gasteiger partial charge in [0.15, 0.2) is 5.96 Å². The highest BCUT2D eigenvalue weighted by Crippen LogP contribution is 2.03. The van der Waals surface area contributed by atoms with Crippen LogP contribution < -0.4 is 10.6 Å². The highest BCUT2D eigenvalue weighted by molar-refractivity contribution is 14.0. The van der Waals surface area contributed by atoms with Crippen molar-refractivity contribution in [1.29, 1.82) is 0 Å². The summed E-state index contributed by atoms with van der Waals surface area (Å²) in [6.07, 6.45) is 1.10. The van der Waals surface area contributed by atoms with Crippen LogP contribution in [0.1, 0.15) is 48.0 Å². The van der Waals surface area contributed by atoms with Gasteiger partial charge < -0.3 is 10.6 Å². The Morgan fingerprint density at radius 3 is 2.00 bits per heavy atom. The number of hydrogen-bond acceptors (Lipinski definition) is 2. The largest absolute Gasteiger partial charge is 0.355 e. The maximum Gasteiger partial charge on any atom is 0.191 e. The molecule has 4 nitrogen and oxygen atoms in total. The van der Waals surface area contributed by atoms with Crippen molar-refractivity contribution in [2.75, 3.05) is 20.1 Å². The van der Waals surface area contributed by atoms with Crippen LogP contribution in [0.25, 0.3) is 0 Å². The molecule has 0 aliphatic heterocycles. The Morgan fingerprint density at radius 1 is 1.11 bits per heavy atom. The Morgan fingerprint density at radius 2 is 1.63 bits per heavy atom. The van der Waals surface area contributed by atoms with E-state index in [2.05, 4.69) is 62.1 Å². The number of nitrogens with one attached hydrogen (secondary N) is 2. The Bertz CT molecular complexity index is 234. The van der Waals surface area contributed by atoms with Crippen LogP contribution in [-0.4, -0.2) is 49.1 Å². The van der Waals surface area contributed by atoms with Gasteiger partial charge in [-0.1, -0.05) is 6.92 Å². The molecule has 0 fully saturated rings. The van der Waals surface area contributed by atoms with E-state index in [0.717, 1.165) is 25.5 Å². The number of rotatable bonds is 7. The molecule has 0 aliphatic rings. The molecule has 0 saturated heterocycles. The molecular weight excluding hydrogens is 351 g/mol. The van der Waals surface area contributed by atoms with Crippen LogP contribution in [0.15, 0.2) is 4.99 Å². The molecule has 0 saturated carbocycles. The Kier molecular flexibility index (Phi) is 13.2. The van der Waals surface area contributed by atoms with E-state index >= 15 is 0 Å². The molecule has 5 heteroatoms. The highest BCUT2D eigenvalue weighted by Gasteiger charge is 2.12. The van der Waals surface area contributed by atoms with Crippen molar-refractivity contribution in [1.82, 2.24) is 15.5 Å². The second kappa shape index (κ2) is 11.8. The van der Waals surface area contributed by atoms with Crippen LogP contribution in [0.5, 0.6) is 0 Å². The maximum atomic E-state index is 4.24. The van der Waals surface area contributed by atoms with Crippen molar-refractivity contribution < 1.29 is 0 Å². The van der Waals surface area contributed by atoms with Crippen molar-refractivity contribution in [2.45, 2.75) is 66.1 Å². The zero-order valence-electron chi connectivity index (χ0n) is 13.7. The van der Waals surface area contributed by atoms with Gasteiger partial charge in [-0.3, -0.25) is 9.89 Å². The average molecular weight is 384 g/mol. The average Bonchev–Trinajstić information content (AvgIpc) is 2.31. The normalized spacial score (nSPS) is 13.7. The van der Waals surface area contributed by atoms with Gasteiger partial charge in [-0.2, -0.15) is 0 Å². The first-order chi connectivity index (χ1) is 8.42. The third kappa shape index (κ3) is 9.49. The van der Waals surface area contributed by atoms with Gasteiger partial charge >= 0.3 is 0 Å². The van der Waals surface area contributed by atoms with Gasteiger partial charge in [0, 0.05) is 38.3 Å². The number of nitrogens with zero attached hydrogens (tertiary/aromatic N) is 2. The Balaban J connectivity index is 0. The second-order valence-corrected chi connectivity index (χ2v) is 5.38. The number of halogens is 1. The minimum Gasteiger partial charge on any atom is -0.355 e. The van der Waals surface area contributed by atoms with E-state index in [0.29, 0.717) is 18.1 Å². The monoisotopic (exact) mass is 384 g/mol. The van der Waals surface area contributed by atoms with E-state index in [1.165, 1.54) is 0 Å². The summed E-state index contributed by atoms with van der Waals surface area (Å²) in [5, 5.41) is 6.74. The lowest BCUT2D eigenvalue weighted by atomic mass is 10.2. The van der Waals surface area contributed by atoms with Crippen LogP contribution >= 0.6 is 24.0 Å². The fourth-order valence-electron chi connectivity index (χ4n) is 1.95. The van der Waals surface area contributed by atoms with Crippen LogP contribution in [0.2, 0.25) is 0 Å². The number of guanidine groups is 1. The summed E-state index contributed by atoms with van der Waals surface area (Å²) in [5.41, 5.74) is 0. The zero-order chi connectivity index (χ0) is 14.1. The molecule has 1 unspecified atom stereocenters. The van der Waals surface area contributed by atoms with Crippen LogP contribution in [0.4, 0.5) is 0 Å². The summed E-state index contributed by atoms with van der Waals surface area (Å²) in [5.74, 6) is 0.900. The minimum absolute atomic E-state index is 0. The fourth-order valence-corrected chi connectivity index (χ4v) is 1.95. The van der Waals surface area contributed by atoms with E-state index in [9.17, 15) is 0 Å². The van der Waals surface area contributed by atoms with Gasteiger partial charge in [-0.15, -0.1) is 24.0 Å². The molecule has 19 heavy (non-hydrogen) atoms. The summed E-state index contributed by atoms with van der Waals surface area (Å²) in [6.45, 7) is 15.3. The molecule has 0 spiro atoms. The summed E-state index contributed by atoms with van der Waals surface area (Å²) in [4.78, 5) is 6.71. The lowest BCUT2D eigenvalue weighted by molar-refractivity contribution is 0.178. The second-order valence-electron chi connectivity index (χ2n) is 5.38. The van der Waals surface area contributed by atoms with Crippen LogP contribution in [0, 0.1) is 0 Å². The van der Waals surface area contributed by atoms with Crippen LogP contribution in [0.3, 0.4) is 0 Å². The Hall–Kier alpha value is -0.0400. The van der Waals surface area contributed by atoms with E-state index in [1.54, 1.807) is 0 Å². The van der Waals surface area contributed by atoms with E-state index in [4.69, 9.17) is 0 Å². The van der Waals surface area contributed by atoms with Gasteiger partial charge in [0.2, 0.25) is 0 Å². The molecule has 2 N–H and O–H groups in total. The first kappa shape index (κ1) is 21.3. The molecule has 1 atom stereocenters. The molecule has 0 aromatic rings. The predicted molar refractivity (Wildman–Crippen MR) is 96.6 cm³/mol. The zero-order valence-corrected chi connectivity index (χ0v) is 16.0. The predicted octanol–water partition coefficient (Wildman–Crippen LogP) is 2.69. The topological polar surface area (TPSA) is 39.7 Å². The molecule has 116 valence electrons. The molecule has 0 aromatic carbocycles. The lowest BCUT2D eigenvalue weighted by Gasteiger charge is -2.30. The number of hydrogen-bond donors (Lipinski definition) is 2. The first-order valence-corrected chi connectivity index (χ1v) is 7.15. The van der Waals surface area contributed by atoms with Crippen molar-refractivity contribution in [3.05, 3.63) is 0 Å². The number of aliphatic imine (C=N–C) groups is 1. The summed E-state index contributed by atoms with van der Waals surface area (Å²) in [6, 6.07) is 1.62. The van der Waals surface area contributed by atoms with E-state index in [-0.39, 0.29) is 24.0 Å². The molecule has 0 rings (SSSR count). The third-order valence-electron chi connectivity index (χ3n) is 3.21.